The summed E-state index contributed by atoms with van der Waals surface area (Å²) in [6.45, 7) is 0. The van der Waals surface area contributed by atoms with Crippen molar-refractivity contribution in [2.45, 2.75) is 0 Å². The smallest absolute Gasteiger partial charge is 0.138 e. The van der Waals surface area contributed by atoms with Crippen LogP contribution in [0.1, 0.15) is 5.56 Å². The van der Waals surface area contributed by atoms with Crippen LogP contribution < -0.4 is 39.9 Å². The molecule has 0 fully saturated rings. The first-order valence-electron chi connectivity index (χ1n) is 9.72. The lowest BCUT2D eigenvalue weighted by Gasteiger charge is -2.25. The number of hydrogen-bond donors (Lipinski definition) is 0. The second kappa shape index (κ2) is 10.9. The van der Waals surface area contributed by atoms with Gasteiger partial charge < -0.3 is 24.0 Å². The molecule has 0 aliphatic carbocycles. The summed E-state index contributed by atoms with van der Waals surface area (Å²) in [6, 6.07) is 43.7. The molecule has 0 aliphatic heterocycles. The van der Waals surface area contributed by atoms with Crippen molar-refractivity contribution in [3.05, 3.63) is 133 Å². The molecule has 0 aromatic heterocycles. The molecular weight excluding hydrogens is 514 g/mol. The normalized spacial score (nSPS) is 11.6. The van der Waals surface area contributed by atoms with Gasteiger partial charge in [0.2, 0.25) is 0 Å². The van der Waals surface area contributed by atoms with E-state index >= 15 is 0 Å². The Morgan fingerprint density at radius 2 is 0.900 bits per heavy atom. The number of hydrogen-bond acceptors (Lipinski definition) is 1. The van der Waals surface area contributed by atoms with Gasteiger partial charge >= 0.3 is 0 Å². The predicted molar refractivity (Wildman–Crippen MR) is 133 cm³/mol. The highest BCUT2D eigenvalue weighted by atomic mass is 127. The van der Waals surface area contributed by atoms with E-state index in [2.05, 4.69) is 133 Å². The van der Waals surface area contributed by atoms with E-state index in [0.29, 0.717) is 0 Å². The molecule has 4 aromatic carbocycles. The monoisotopic (exact) mass is 538 g/mol. The summed E-state index contributed by atoms with van der Waals surface area (Å²) < 4.78 is 0. The Balaban J connectivity index is 0.00000256. The summed E-state index contributed by atoms with van der Waals surface area (Å²) in [7, 11) is -1.97. The number of benzene rings is 4. The first-order chi connectivity index (χ1) is 14.3. The fraction of sp³-hybridized carbons (Fsp3) is 0.0370. The summed E-state index contributed by atoms with van der Waals surface area (Å²) >= 11 is 1.82. The van der Waals surface area contributed by atoms with Crippen LogP contribution in [0.3, 0.4) is 0 Å². The Kier molecular flexibility index (Phi) is 8.32. The van der Waals surface area contributed by atoms with Crippen molar-refractivity contribution < 1.29 is 24.0 Å². The van der Waals surface area contributed by atoms with E-state index in [1.807, 2.05) is 11.8 Å². The van der Waals surface area contributed by atoms with Gasteiger partial charge in [0.1, 0.15) is 23.2 Å². The maximum Gasteiger partial charge on any atom is 0.138 e. The first-order valence-corrected chi connectivity index (χ1v) is 12.8. The summed E-state index contributed by atoms with van der Waals surface area (Å²) in [5.41, 5.74) is 1.27. The van der Waals surface area contributed by atoms with Crippen molar-refractivity contribution in [2.75, 3.05) is 6.26 Å². The zero-order valence-corrected chi connectivity index (χ0v) is 20.7. The molecule has 0 aliphatic rings. The Bertz CT molecular complexity index is 968. The second-order valence-electron chi connectivity index (χ2n) is 6.79. The van der Waals surface area contributed by atoms with Gasteiger partial charge in [0.15, 0.2) is 0 Å². The van der Waals surface area contributed by atoms with Gasteiger partial charge in [0.25, 0.3) is 0 Å². The SMILES string of the molecule is CS/C(=C\[P+](c1ccccc1)(c1ccccc1)c1ccccc1)c1ccccc1.[I-]. The highest BCUT2D eigenvalue weighted by Gasteiger charge is 2.44. The van der Waals surface area contributed by atoms with Gasteiger partial charge in [0.05, 0.1) is 10.7 Å². The molecule has 0 radical (unpaired) electrons. The maximum atomic E-state index is 2.55. The van der Waals surface area contributed by atoms with E-state index in [1.54, 1.807) is 0 Å². The molecule has 0 heterocycles. The molecule has 0 nitrogen and oxygen atoms in total. The molecule has 4 rings (SSSR count). The zero-order valence-electron chi connectivity index (χ0n) is 16.9. The average molecular weight is 538 g/mol. The van der Waals surface area contributed by atoms with Gasteiger partial charge in [0, 0.05) is 0 Å². The summed E-state index contributed by atoms with van der Waals surface area (Å²) in [5.74, 6) is 2.55. The molecule has 0 N–H and O–H groups in total. The quantitative estimate of drug-likeness (QED) is 0.268. The third-order valence-electron chi connectivity index (χ3n) is 5.08. The van der Waals surface area contributed by atoms with Gasteiger partial charge in [-0.05, 0) is 48.2 Å². The van der Waals surface area contributed by atoms with E-state index in [0.717, 1.165) is 0 Å². The summed E-state index contributed by atoms with van der Waals surface area (Å²) in [5, 5.41) is 4.12. The molecular formula is C27H24IPS. The molecule has 0 spiro atoms. The van der Waals surface area contributed by atoms with Crippen LogP contribution in [0.2, 0.25) is 0 Å². The summed E-state index contributed by atoms with van der Waals surface area (Å²) in [4.78, 5) is 1.32. The fourth-order valence-electron chi connectivity index (χ4n) is 3.68. The van der Waals surface area contributed by atoms with Crippen LogP contribution in [0.5, 0.6) is 0 Å². The van der Waals surface area contributed by atoms with Gasteiger partial charge in [-0.1, -0.05) is 84.9 Å². The predicted octanol–water partition coefficient (Wildman–Crippen LogP) is 3.35. The van der Waals surface area contributed by atoms with Crippen molar-refractivity contribution in [3.8, 4) is 0 Å². The van der Waals surface area contributed by atoms with Gasteiger partial charge in [-0.2, -0.15) is 0 Å². The molecule has 0 atom stereocenters. The van der Waals surface area contributed by atoms with E-state index < -0.39 is 7.26 Å². The molecule has 0 bridgehead atoms. The molecule has 3 heteroatoms. The van der Waals surface area contributed by atoms with Crippen molar-refractivity contribution in [1.82, 2.24) is 0 Å². The molecule has 30 heavy (non-hydrogen) atoms. The van der Waals surface area contributed by atoms with Gasteiger partial charge in [-0.3, -0.25) is 0 Å². The Morgan fingerprint density at radius 3 is 1.23 bits per heavy atom. The lowest BCUT2D eigenvalue weighted by molar-refractivity contribution is -0.00000550. The Labute approximate surface area is 201 Å². The summed E-state index contributed by atoms with van der Waals surface area (Å²) in [6.07, 6.45) is 2.18. The van der Waals surface area contributed by atoms with Crippen LogP contribution in [0.15, 0.2) is 127 Å². The minimum Gasteiger partial charge on any atom is -1.00 e. The van der Waals surface area contributed by atoms with E-state index in [1.165, 1.54) is 26.4 Å². The molecule has 0 saturated carbocycles. The van der Waals surface area contributed by atoms with Crippen molar-refractivity contribution in [2.24, 2.45) is 0 Å². The van der Waals surface area contributed by atoms with Gasteiger partial charge in [-0.25, -0.2) is 0 Å². The van der Waals surface area contributed by atoms with Crippen LogP contribution in [0.4, 0.5) is 0 Å². The molecule has 0 saturated heterocycles. The standard InChI is InChI=1S/C27H24PS.HI/c1-29-27(23-14-6-2-7-15-23)22-28(24-16-8-3-9-17-24,25-18-10-4-11-19-25)26-20-12-5-13-21-26;/h2-22H,1H3;1H/q+1;/p-1/b27-22-;. The van der Waals surface area contributed by atoms with Crippen molar-refractivity contribution >= 4 is 39.8 Å². The van der Waals surface area contributed by atoms with E-state index in [-0.39, 0.29) is 24.0 Å². The topological polar surface area (TPSA) is 0 Å². The second-order valence-corrected chi connectivity index (χ2v) is 10.9. The van der Waals surface area contributed by atoms with Crippen LogP contribution in [0, 0.1) is 0 Å². The Morgan fingerprint density at radius 1 is 0.567 bits per heavy atom. The van der Waals surface area contributed by atoms with Crippen molar-refractivity contribution in [1.29, 1.82) is 0 Å². The molecule has 4 aromatic rings. The first kappa shape index (κ1) is 22.8. The number of thioether (sulfide) groups is 1. The van der Waals surface area contributed by atoms with Crippen LogP contribution in [-0.2, 0) is 0 Å². The van der Waals surface area contributed by atoms with Crippen molar-refractivity contribution in [3.63, 3.8) is 0 Å². The average Bonchev–Trinajstić information content (AvgIpc) is 2.82. The molecule has 0 amide bonds. The third-order valence-corrected chi connectivity index (χ3v) is 10.0. The number of rotatable bonds is 6. The van der Waals surface area contributed by atoms with Crippen LogP contribution in [-0.4, -0.2) is 6.26 Å². The Hall–Kier alpha value is -1.87. The lowest BCUT2D eigenvalue weighted by atomic mass is 10.2. The van der Waals surface area contributed by atoms with Crippen LogP contribution in [0.25, 0.3) is 4.91 Å². The zero-order chi connectivity index (χ0) is 19.9. The minimum absolute atomic E-state index is 0. The molecule has 150 valence electrons. The fourth-order valence-corrected chi connectivity index (χ4v) is 8.72. The molecule has 0 unspecified atom stereocenters. The largest absolute Gasteiger partial charge is 1.00 e. The third kappa shape index (κ3) is 4.72. The maximum absolute atomic E-state index is 2.55. The minimum atomic E-state index is -1.97. The van der Waals surface area contributed by atoms with Crippen LogP contribution >= 0.6 is 19.0 Å². The van der Waals surface area contributed by atoms with E-state index in [4.69, 9.17) is 0 Å². The number of halogens is 1. The highest BCUT2D eigenvalue weighted by molar-refractivity contribution is 8.09. The highest BCUT2D eigenvalue weighted by Crippen LogP contribution is 2.59. The van der Waals surface area contributed by atoms with E-state index in [9.17, 15) is 0 Å². The lowest BCUT2D eigenvalue weighted by Crippen LogP contribution is -3.00. The van der Waals surface area contributed by atoms with Gasteiger partial charge in [-0.15, -0.1) is 11.8 Å².